The third-order valence-electron chi connectivity index (χ3n) is 10.8. The Balaban J connectivity index is 0.000000185. The van der Waals surface area contributed by atoms with Gasteiger partial charge in [-0.15, -0.1) is 0 Å². The van der Waals surface area contributed by atoms with Crippen LogP contribution in [0.15, 0.2) is 158 Å². The van der Waals surface area contributed by atoms with Crippen LogP contribution >= 0.6 is 0 Å². The van der Waals surface area contributed by atoms with Crippen LogP contribution in [0.2, 0.25) is 0 Å². The van der Waals surface area contributed by atoms with E-state index in [4.69, 9.17) is 0 Å². The fourth-order valence-electron chi connectivity index (χ4n) is 8.11. The molecule has 0 saturated carbocycles. The van der Waals surface area contributed by atoms with Crippen molar-refractivity contribution >= 4 is 0 Å². The second kappa shape index (κ2) is 17.3. The maximum Gasteiger partial charge on any atom is 0.0159 e. The fraction of sp³-hybridized carbons (Fsp3) is 0.259. The second-order valence-electron chi connectivity index (χ2n) is 15.6. The van der Waals surface area contributed by atoms with Crippen molar-refractivity contribution in [2.75, 3.05) is 0 Å². The summed E-state index contributed by atoms with van der Waals surface area (Å²) in [4.78, 5) is 0. The summed E-state index contributed by atoms with van der Waals surface area (Å²) in [6, 6.07) is 49.1. The van der Waals surface area contributed by atoms with E-state index >= 15 is 0 Å². The quantitative estimate of drug-likeness (QED) is 0.156. The summed E-state index contributed by atoms with van der Waals surface area (Å²) in [7, 11) is 0. The van der Waals surface area contributed by atoms with Crippen LogP contribution < -0.4 is 0 Å². The average Bonchev–Trinajstić information content (AvgIpc) is 3.56. The van der Waals surface area contributed by atoms with Crippen LogP contribution in [0.1, 0.15) is 102 Å². The van der Waals surface area contributed by atoms with Gasteiger partial charge in [0.25, 0.3) is 0 Å². The van der Waals surface area contributed by atoms with Crippen molar-refractivity contribution < 1.29 is 0 Å². The Morgan fingerprint density at radius 3 is 1.78 bits per heavy atom. The molecule has 6 aromatic carbocycles. The first-order valence-corrected chi connectivity index (χ1v) is 19.9. The molecule has 0 heteroatoms. The first kappa shape index (κ1) is 40.0. The average molecular weight is 709 g/mol. The van der Waals surface area contributed by atoms with Crippen LogP contribution in [0.25, 0.3) is 44.5 Å². The largest absolute Gasteiger partial charge is 0.0991 e. The fourth-order valence-corrected chi connectivity index (χ4v) is 8.11. The molecule has 8 rings (SSSR count). The summed E-state index contributed by atoms with van der Waals surface area (Å²) in [5.41, 5.74) is 20.9. The predicted molar refractivity (Wildman–Crippen MR) is 239 cm³/mol. The maximum atomic E-state index is 3.52. The van der Waals surface area contributed by atoms with Crippen molar-refractivity contribution in [3.63, 3.8) is 0 Å². The number of fused-ring (bicyclic) bond motifs is 6. The number of aryl methyl sites for hydroxylation is 2. The van der Waals surface area contributed by atoms with Crippen LogP contribution in [-0.2, 0) is 17.3 Å². The van der Waals surface area contributed by atoms with E-state index in [1.165, 1.54) is 96.3 Å². The molecule has 0 bridgehead atoms. The van der Waals surface area contributed by atoms with Crippen LogP contribution in [0.5, 0.6) is 0 Å². The number of hydrogen-bond donors (Lipinski definition) is 0. The van der Waals surface area contributed by atoms with Crippen molar-refractivity contribution in [3.8, 4) is 44.5 Å². The third kappa shape index (κ3) is 8.14. The van der Waals surface area contributed by atoms with E-state index in [1.54, 1.807) is 6.08 Å². The number of rotatable bonds is 5. The van der Waals surface area contributed by atoms with E-state index in [0.717, 1.165) is 0 Å². The molecule has 54 heavy (non-hydrogen) atoms. The monoisotopic (exact) mass is 708 g/mol. The zero-order valence-electron chi connectivity index (χ0n) is 34.5. The standard InChI is InChI=1S/C28H24.C18H20.C6H10.C2H6/c1-19-8-7-11-21(16-19)22-13-15-26-25(17-22)24-14-12-23(18-27(24)28(26,2)3)20-9-5-4-6-10-20;1-4-8-13-9-7-12-16-17(13)14-10-5-6-11-15(14)18(16,2)3;1-4-5-6(2)3;1-2/h4-18H,1-3H3;5-7,9-12H,4,8H2,1-3H3;4-5H,1H2,2-3H3;1-2H3. The molecule has 2 aliphatic rings. The zero-order valence-corrected chi connectivity index (χ0v) is 34.5. The van der Waals surface area contributed by atoms with Crippen LogP contribution in [0, 0.1) is 6.92 Å². The van der Waals surface area contributed by atoms with Gasteiger partial charge in [0, 0.05) is 10.8 Å². The van der Waals surface area contributed by atoms with E-state index in [2.05, 4.69) is 182 Å². The van der Waals surface area contributed by atoms with E-state index in [9.17, 15) is 0 Å². The molecular formula is C54H60. The van der Waals surface area contributed by atoms with Gasteiger partial charge in [0.05, 0.1) is 0 Å². The van der Waals surface area contributed by atoms with Gasteiger partial charge >= 0.3 is 0 Å². The van der Waals surface area contributed by atoms with Gasteiger partial charge in [0.15, 0.2) is 0 Å². The van der Waals surface area contributed by atoms with Gasteiger partial charge in [-0.05, 0) is 112 Å². The highest BCUT2D eigenvalue weighted by molar-refractivity contribution is 5.87. The van der Waals surface area contributed by atoms with Gasteiger partial charge in [0.2, 0.25) is 0 Å². The Hall–Kier alpha value is -5.20. The normalized spacial score (nSPS) is 13.1. The van der Waals surface area contributed by atoms with E-state index in [-0.39, 0.29) is 10.8 Å². The second-order valence-corrected chi connectivity index (χ2v) is 15.6. The summed E-state index contributed by atoms with van der Waals surface area (Å²) in [6.45, 7) is 25.4. The minimum absolute atomic E-state index is 0.0145. The topological polar surface area (TPSA) is 0 Å². The first-order chi connectivity index (χ1) is 26.0. The van der Waals surface area contributed by atoms with Gasteiger partial charge in [0.1, 0.15) is 0 Å². The summed E-state index contributed by atoms with van der Waals surface area (Å²) in [5.74, 6) is 0. The lowest BCUT2D eigenvalue weighted by Gasteiger charge is -2.22. The summed E-state index contributed by atoms with van der Waals surface area (Å²) >= 11 is 0. The van der Waals surface area contributed by atoms with Crippen molar-refractivity contribution in [2.45, 2.75) is 92.9 Å². The van der Waals surface area contributed by atoms with Crippen LogP contribution in [0.3, 0.4) is 0 Å². The minimum atomic E-state index is 0.0145. The summed E-state index contributed by atoms with van der Waals surface area (Å²) in [5, 5.41) is 0. The number of allylic oxidation sites excluding steroid dienone is 3. The molecule has 0 heterocycles. The number of benzene rings is 6. The van der Waals surface area contributed by atoms with Crippen molar-refractivity contribution in [2.24, 2.45) is 0 Å². The smallest absolute Gasteiger partial charge is 0.0159 e. The highest BCUT2D eigenvalue weighted by Gasteiger charge is 2.37. The first-order valence-electron chi connectivity index (χ1n) is 19.9. The summed E-state index contributed by atoms with van der Waals surface area (Å²) in [6.07, 6.45) is 6.14. The maximum absolute atomic E-state index is 3.52. The van der Waals surface area contributed by atoms with Gasteiger partial charge in [-0.1, -0.05) is 206 Å². The van der Waals surface area contributed by atoms with Gasteiger partial charge < -0.3 is 0 Å². The Labute approximate surface area is 327 Å². The molecule has 0 amide bonds. The highest BCUT2D eigenvalue weighted by atomic mass is 14.4. The molecule has 0 N–H and O–H groups in total. The van der Waals surface area contributed by atoms with Crippen molar-refractivity contribution in [3.05, 3.63) is 191 Å². The molecule has 0 atom stereocenters. The molecule has 276 valence electrons. The molecule has 6 aromatic rings. The molecular weight excluding hydrogens is 649 g/mol. The third-order valence-corrected chi connectivity index (χ3v) is 10.8. The molecule has 0 radical (unpaired) electrons. The molecule has 0 spiro atoms. The van der Waals surface area contributed by atoms with E-state index < -0.39 is 0 Å². The highest BCUT2D eigenvalue weighted by Crippen LogP contribution is 2.51. The molecule has 0 aromatic heterocycles. The van der Waals surface area contributed by atoms with Gasteiger partial charge in [-0.2, -0.15) is 0 Å². The van der Waals surface area contributed by atoms with Gasteiger partial charge in [-0.3, -0.25) is 0 Å². The Kier molecular flexibility index (Phi) is 12.8. The van der Waals surface area contributed by atoms with E-state index in [1.807, 2.05) is 33.8 Å². The lowest BCUT2D eigenvalue weighted by atomic mass is 9.81. The molecule has 2 aliphatic carbocycles. The minimum Gasteiger partial charge on any atom is -0.0991 e. The van der Waals surface area contributed by atoms with Crippen LogP contribution in [-0.4, -0.2) is 0 Å². The molecule has 0 unspecified atom stereocenters. The molecule has 0 nitrogen and oxygen atoms in total. The number of hydrogen-bond acceptors (Lipinski definition) is 0. The lowest BCUT2D eigenvalue weighted by molar-refractivity contribution is 0.659. The van der Waals surface area contributed by atoms with Crippen molar-refractivity contribution in [1.29, 1.82) is 0 Å². The van der Waals surface area contributed by atoms with Gasteiger partial charge in [-0.25, -0.2) is 0 Å². The zero-order chi connectivity index (χ0) is 39.0. The molecule has 0 fully saturated rings. The molecule has 0 aliphatic heterocycles. The molecule has 0 saturated heterocycles. The van der Waals surface area contributed by atoms with E-state index in [0.29, 0.717) is 0 Å². The predicted octanol–water partition coefficient (Wildman–Crippen LogP) is 15.7. The summed E-state index contributed by atoms with van der Waals surface area (Å²) < 4.78 is 0. The van der Waals surface area contributed by atoms with Crippen LogP contribution in [0.4, 0.5) is 0 Å². The lowest BCUT2D eigenvalue weighted by Crippen LogP contribution is -2.15. The Bertz CT molecular complexity index is 2230. The van der Waals surface area contributed by atoms with Crippen molar-refractivity contribution in [1.82, 2.24) is 0 Å². The SMILES string of the molecule is C=CC=C(C)C.CC.CCCc1cccc2c1-c1ccccc1C2(C)C.Cc1cccc(-c2ccc3c(c2)-c2ccc(-c4ccccc4)cc2C3(C)C)c1. The Morgan fingerprint density at radius 1 is 0.537 bits per heavy atom. The Morgan fingerprint density at radius 2 is 1.11 bits per heavy atom.